The monoisotopic (exact) mass is 460 g/mol. The van der Waals surface area contributed by atoms with Crippen molar-refractivity contribution in [3.63, 3.8) is 0 Å². The molecule has 1 N–H and O–H groups in total. The van der Waals surface area contributed by atoms with Crippen molar-refractivity contribution in [2.75, 3.05) is 23.7 Å². The van der Waals surface area contributed by atoms with Crippen molar-refractivity contribution in [1.82, 2.24) is 5.32 Å². The Balaban J connectivity index is 2.11. The number of benzene rings is 2. The van der Waals surface area contributed by atoms with Crippen LogP contribution in [0, 0.1) is 13.8 Å². The number of para-hydroxylation sites is 1. The number of carbonyl (C=O) groups excluding carboxylic acids is 1. The van der Waals surface area contributed by atoms with Gasteiger partial charge in [0.2, 0.25) is 15.9 Å². The highest BCUT2D eigenvalue weighted by Crippen LogP contribution is 2.31. The van der Waals surface area contributed by atoms with Gasteiger partial charge in [0.25, 0.3) is 0 Å². The van der Waals surface area contributed by atoms with Gasteiger partial charge in [-0.3, -0.25) is 9.10 Å². The van der Waals surface area contributed by atoms with E-state index < -0.39 is 16.1 Å². The Kier molecular flexibility index (Phi) is 8.35. The lowest BCUT2D eigenvalue weighted by Crippen LogP contribution is -2.50. The van der Waals surface area contributed by atoms with Crippen LogP contribution >= 0.6 is 0 Å². The number of nitrogens with one attached hydrogen (secondary N) is 1. The van der Waals surface area contributed by atoms with Gasteiger partial charge in [-0.2, -0.15) is 0 Å². The minimum Gasteiger partial charge on any atom is -0.491 e. The van der Waals surface area contributed by atoms with Crippen LogP contribution in [0.25, 0.3) is 0 Å². The highest BCUT2D eigenvalue weighted by atomic mass is 32.2. The van der Waals surface area contributed by atoms with Gasteiger partial charge < -0.3 is 10.1 Å². The van der Waals surface area contributed by atoms with E-state index in [1.165, 1.54) is 4.31 Å². The van der Waals surface area contributed by atoms with Crippen LogP contribution in [-0.4, -0.2) is 39.8 Å². The molecule has 0 heterocycles. The second-order valence-electron chi connectivity index (χ2n) is 9.14. The van der Waals surface area contributed by atoms with Crippen LogP contribution in [-0.2, 0) is 20.2 Å². The number of anilines is 1. The third-order valence-electron chi connectivity index (χ3n) is 5.43. The van der Waals surface area contributed by atoms with Gasteiger partial charge in [0.1, 0.15) is 18.4 Å². The minimum atomic E-state index is -3.66. The standard InChI is InChI=1S/C25H36N2O4S/c1-8-22(27(32(7,29)30)20-14-13-18(2)19(3)17-20)24(28)26-15-16-31-23-12-10-9-11-21(23)25(4,5)6/h9-14,17,22H,8,15-16H2,1-7H3,(H,26,28)/t22-/m1/s1. The molecule has 2 aromatic rings. The van der Waals surface area contributed by atoms with Crippen molar-refractivity contribution >= 4 is 21.6 Å². The number of sulfonamides is 1. The fourth-order valence-electron chi connectivity index (χ4n) is 3.59. The van der Waals surface area contributed by atoms with E-state index in [0.717, 1.165) is 28.7 Å². The van der Waals surface area contributed by atoms with Crippen molar-refractivity contribution < 1.29 is 17.9 Å². The Hall–Kier alpha value is -2.54. The highest BCUT2D eigenvalue weighted by molar-refractivity contribution is 7.92. The first kappa shape index (κ1) is 25.7. The summed E-state index contributed by atoms with van der Waals surface area (Å²) in [7, 11) is -3.66. The van der Waals surface area contributed by atoms with E-state index in [9.17, 15) is 13.2 Å². The SMILES string of the molecule is CC[C@H](C(=O)NCCOc1ccccc1C(C)(C)C)N(c1ccc(C)c(C)c1)S(C)(=O)=O. The molecule has 0 fully saturated rings. The molecule has 7 heteroatoms. The van der Waals surface area contributed by atoms with E-state index in [1.54, 1.807) is 19.1 Å². The van der Waals surface area contributed by atoms with Gasteiger partial charge >= 0.3 is 0 Å². The summed E-state index contributed by atoms with van der Waals surface area (Å²) in [5.74, 6) is 0.443. The van der Waals surface area contributed by atoms with Gasteiger partial charge in [-0.25, -0.2) is 8.42 Å². The Morgan fingerprint density at radius 3 is 2.31 bits per heavy atom. The average Bonchev–Trinajstić information content (AvgIpc) is 2.70. The Morgan fingerprint density at radius 2 is 1.75 bits per heavy atom. The normalized spacial score (nSPS) is 12.8. The molecule has 2 aromatic carbocycles. The van der Waals surface area contributed by atoms with Crippen molar-refractivity contribution in [2.24, 2.45) is 0 Å². The van der Waals surface area contributed by atoms with Gasteiger partial charge in [0, 0.05) is 0 Å². The summed E-state index contributed by atoms with van der Waals surface area (Å²) in [6.45, 7) is 12.6. The number of carbonyl (C=O) groups is 1. The lowest BCUT2D eigenvalue weighted by molar-refractivity contribution is -0.122. The zero-order valence-corrected chi connectivity index (χ0v) is 21.0. The third-order valence-corrected chi connectivity index (χ3v) is 6.61. The molecule has 0 aliphatic carbocycles. The average molecular weight is 461 g/mol. The first-order chi connectivity index (χ1) is 14.9. The predicted molar refractivity (Wildman–Crippen MR) is 131 cm³/mol. The molecule has 0 radical (unpaired) electrons. The number of amides is 1. The molecule has 1 atom stereocenters. The lowest BCUT2D eigenvalue weighted by atomic mass is 9.86. The predicted octanol–water partition coefficient (Wildman–Crippen LogP) is 4.34. The maximum Gasteiger partial charge on any atom is 0.244 e. The van der Waals surface area contributed by atoms with Crippen molar-refractivity contribution in [3.8, 4) is 5.75 Å². The summed E-state index contributed by atoms with van der Waals surface area (Å²) >= 11 is 0. The molecular weight excluding hydrogens is 424 g/mol. The summed E-state index contributed by atoms with van der Waals surface area (Å²) < 4.78 is 32.3. The molecule has 0 unspecified atom stereocenters. The molecule has 0 aromatic heterocycles. The third kappa shape index (κ3) is 6.48. The van der Waals surface area contributed by atoms with E-state index in [2.05, 4.69) is 26.1 Å². The minimum absolute atomic E-state index is 0.0602. The van der Waals surface area contributed by atoms with Crippen LogP contribution < -0.4 is 14.4 Å². The van der Waals surface area contributed by atoms with Crippen LogP contribution in [0.4, 0.5) is 5.69 Å². The number of hydrogen-bond acceptors (Lipinski definition) is 4. The Morgan fingerprint density at radius 1 is 1.09 bits per heavy atom. The maximum absolute atomic E-state index is 13.0. The van der Waals surface area contributed by atoms with Crippen LogP contribution in [0.1, 0.15) is 50.8 Å². The Bertz CT molecular complexity index is 1040. The van der Waals surface area contributed by atoms with Crippen molar-refractivity contribution in [3.05, 3.63) is 59.2 Å². The summed E-state index contributed by atoms with van der Waals surface area (Å²) in [5, 5.41) is 2.84. The molecule has 0 aliphatic rings. The van der Waals surface area contributed by atoms with Crippen molar-refractivity contribution in [2.45, 2.75) is 59.4 Å². The maximum atomic E-state index is 13.0. The van der Waals surface area contributed by atoms with E-state index in [-0.39, 0.29) is 24.5 Å². The molecule has 0 aliphatic heterocycles. The number of hydrogen-bond donors (Lipinski definition) is 1. The largest absolute Gasteiger partial charge is 0.491 e. The molecule has 0 saturated heterocycles. The quantitative estimate of drug-likeness (QED) is 0.565. The van der Waals surface area contributed by atoms with Crippen LogP contribution in [0.2, 0.25) is 0 Å². The van der Waals surface area contributed by atoms with Gasteiger partial charge in [-0.05, 0) is 60.6 Å². The molecule has 176 valence electrons. The smallest absolute Gasteiger partial charge is 0.244 e. The second kappa shape index (κ2) is 10.4. The van der Waals surface area contributed by atoms with Crippen molar-refractivity contribution in [1.29, 1.82) is 0 Å². The lowest BCUT2D eigenvalue weighted by Gasteiger charge is -2.30. The zero-order chi connectivity index (χ0) is 24.1. The number of rotatable bonds is 9. The Labute approximate surface area is 193 Å². The number of ether oxygens (including phenoxy) is 1. The zero-order valence-electron chi connectivity index (χ0n) is 20.2. The van der Waals surface area contributed by atoms with Gasteiger partial charge in [0.15, 0.2) is 0 Å². The highest BCUT2D eigenvalue weighted by Gasteiger charge is 2.31. The molecule has 6 nitrogen and oxygen atoms in total. The summed E-state index contributed by atoms with van der Waals surface area (Å²) in [6.07, 6.45) is 1.48. The van der Waals surface area contributed by atoms with Gasteiger partial charge in [0.05, 0.1) is 18.5 Å². The van der Waals surface area contributed by atoms with Crippen LogP contribution in [0.15, 0.2) is 42.5 Å². The topological polar surface area (TPSA) is 75.7 Å². The molecule has 0 spiro atoms. The molecule has 2 rings (SSSR count). The van der Waals surface area contributed by atoms with Gasteiger partial charge in [-0.1, -0.05) is 52.0 Å². The van der Waals surface area contributed by atoms with Crippen LogP contribution in [0.3, 0.4) is 0 Å². The first-order valence-electron chi connectivity index (χ1n) is 10.9. The van der Waals surface area contributed by atoms with E-state index in [1.807, 2.05) is 44.2 Å². The van der Waals surface area contributed by atoms with E-state index in [0.29, 0.717) is 12.1 Å². The molecule has 0 bridgehead atoms. The first-order valence-corrected chi connectivity index (χ1v) is 12.8. The summed E-state index contributed by atoms with van der Waals surface area (Å²) in [6, 6.07) is 12.4. The van der Waals surface area contributed by atoms with E-state index >= 15 is 0 Å². The summed E-state index contributed by atoms with van der Waals surface area (Å²) in [4.78, 5) is 13.0. The van der Waals surface area contributed by atoms with Crippen LogP contribution in [0.5, 0.6) is 5.75 Å². The molecule has 32 heavy (non-hydrogen) atoms. The molecule has 0 saturated carbocycles. The van der Waals surface area contributed by atoms with E-state index in [4.69, 9.17) is 4.74 Å². The second-order valence-corrected chi connectivity index (χ2v) is 11.0. The number of nitrogens with zero attached hydrogens (tertiary/aromatic N) is 1. The fraction of sp³-hybridized carbons (Fsp3) is 0.480. The summed E-state index contributed by atoms with van der Waals surface area (Å²) in [5.41, 5.74) is 3.56. The molecule has 1 amide bonds. The fourth-order valence-corrected chi connectivity index (χ4v) is 4.79. The molecular formula is C25H36N2O4S. The van der Waals surface area contributed by atoms with Gasteiger partial charge in [-0.15, -0.1) is 0 Å². The number of aryl methyl sites for hydroxylation is 2.